The summed E-state index contributed by atoms with van der Waals surface area (Å²) in [6, 6.07) is 5.66. The van der Waals surface area contributed by atoms with Crippen molar-refractivity contribution in [2.45, 2.75) is 26.2 Å². The minimum absolute atomic E-state index is 0. The highest BCUT2D eigenvalue weighted by Gasteiger charge is 2.22. The summed E-state index contributed by atoms with van der Waals surface area (Å²) < 4.78 is 10.5. The van der Waals surface area contributed by atoms with Gasteiger partial charge in [0, 0.05) is 13.1 Å². The van der Waals surface area contributed by atoms with E-state index in [0.717, 1.165) is 44.6 Å². The number of amides is 1. The monoisotopic (exact) mass is 356 g/mol. The molecule has 0 saturated carbocycles. The van der Waals surface area contributed by atoms with Crippen molar-refractivity contribution in [1.29, 1.82) is 0 Å². The number of hydrogen-bond acceptors (Lipinski definition) is 4. The molecule has 1 N–H and O–H groups in total. The Morgan fingerprint density at radius 2 is 1.88 bits per heavy atom. The van der Waals surface area contributed by atoms with Gasteiger partial charge in [0.05, 0.1) is 20.6 Å². The first-order valence-corrected chi connectivity index (χ1v) is 8.37. The minimum atomic E-state index is 0. The third-order valence-electron chi connectivity index (χ3n) is 4.45. The van der Waals surface area contributed by atoms with Gasteiger partial charge in [-0.3, -0.25) is 4.79 Å². The Kier molecular flexibility index (Phi) is 8.93. The van der Waals surface area contributed by atoms with Crippen LogP contribution in [-0.4, -0.2) is 51.2 Å². The van der Waals surface area contributed by atoms with Crippen molar-refractivity contribution < 1.29 is 14.3 Å². The molecule has 1 aliphatic rings. The van der Waals surface area contributed by atoms with E-state index in [4.69, 9.17) is 9.47 Å². The summed E-state index contributed by atoms with van der Waals surface area (Å²) in [5.41, 5.74) is 0.961. The summed E-state index contributed by atoms with van der Waals surface area (Å²) in [6.07, 6.45) is 2.59. The number of nitrogens with one attached hydrogen (secondary N) is 1. The Morgan fingerprint density at radius 1 is 1.21 bits per heavy atom. The summed E-state index contributed by atoms with van der Waals surface area (Å²) in [7, 11) is 3.22. The average Bonchev–Trinajstić information content (AvgIpc) is 2.60. The molecule has 1 saturated heterocycles. The molecule has 24 heavy (non-hydrogen) atoms. The highest BCUT2D eigenvalue weighted by Crippen LogP contribution is 2.28. The number of methoxy groups -OCH3 is 2. The zero-order valence-corrected chi connectivity index (χ0v) is 15.7. The van der Waals surface area contributed by atoms with E-state index in [-0.39, 0.29) is 18.3 Å². The summed E-state index contributed by atoms with van der Waals surface area (Å²) in [5.74, 6) is 2.24. The summed E-state index contributed by atoms with van der Waals surface area (Å²) in [4.78, 5) is 14.5. The third-order valence-corrected chi connectivity index (χ3v) is 4.45. The molecule has 5 nitrogen and oxygen atoms in total. The number of carbonyl (C=O) groups is 1. The first-order chi connectivity index (χ1) is 11.2. The Morgan fingerprint density at radius 3 is 2.46 bits per heavy atom. The lowest BCUT2D eigenvalue weighted by molar-refractivity contribution is -0.131. The zero-order chi connectivity index (χ0) is 16.7. The molecule has 0 bridgehead atoms. The van der Waals surface area contributed by atoms with Crippen LogP contribution >= 0.6 is 12.4 Å². The van der Waals surface area contributed by atoms with E-state index < -0.39 is 0 Å². The second kappa shape index (κ2) is 10.4. The molecular formula is C18H29ClN2O3. The van der Waals surface area contributed by atoms with Crippen LogP contribution in [0.4, 0.5) is 0 Å². The van der Waals surface area contributed by atoms with Crippen LogP contribution in [0, 0.1) is 5.92 Å². The molecule has 0 atom stereocenters. The van der Waals surface area contributed by atoms with Crippen molar-refractivity contribution >= 4 is 18.3 Å². The second-order valence-corrected chi connectivity index (χ2v) is 6.00. The van der Waals surface area contributed by atoms with E-state index >= 15 is 0 Å². The molecule has 1 fully saturated rings. The zero-order valence-electron chi connectivity index (χ0n) is 14.8. The number of rotatable bonds is 7. The maximum absolute atomic E-state index is 12.5. The maximum Gasteiger partial charge on any atom is 0.226 e. The molecule has 0 aliphatic carbocycles. The Bertz CT molecular complexity index is 517. The van der Waals surface area contributed by atoms with Crippen LogP contribution in [0.2, 0.25) is 0 Å². The first-order valence-electron chi connectivity index (χ1n) is 8.37. The van der Waals surface area contributed by atoms with Crippen LogP contribution < -0.4 is 14.8 Å². The normalized spacial score (nSPS) is 14.9. The van der Waals surface area contributed by atoms with Crippen LogP contribution in [0.25, 0.3) is 0 Å². The minimum Gasteiger partial charge on any atom is -0.493 e. The highest BCUT2D eigenvalue weighted by molar-refractivity contribution is 5.85. The van der Waals surface area contributed by atoms with E-state index in [2.05, 4.69) is 12.2 Å². The van der Waals surface area contributed by atoms with Gasteiger partial charge < -0.3 is 19.7 Å². The van der Waals surface area contributed by atoms with E-state index in [0.29, 0.717) is 23.8 Å². The van der Waals surface area contributed by atoms with E-state index in [9.17, 15) is 4.79 Å². The molecule has 1 amide bonds. The molecule has 1 aliphatic heterocycles. The van der Waals surface area contributed by atoms with Crippen LogP contribution in [0.1, 0.15) is 25.3 Å². The Labute approximate surface area is 151 Å². The third kappa shape index (κ3) is 5.56. The van der Waals surface area contributed by atoms with Gasteiger partial charge in [-0.25, -0.2) is 0 Å². The molecule has 2 rings (SSSR count). The SMILES string of the molecule is CCNCC1CCN(C(=O)Cc2ccc(OC)c(OC)c2)CC1.Cl. The maximum atomic E-state index is 12.5. The molecule has 0 aromatic heterocycles. The van der Waals surface area contributed by atoms with Crippen LogP contribution in [0.3, 0.4) is 0 Å². The van der Waals surface area contributed by atoms with Crippen LogP contribution in [-0.2, 0) is 11.2 Å². The fourth-order valence-corrected chi connectivity index (χ4v) is 3.01. The number of nitrogens with zero attached hydrogens (tertiary/aromatic N) is 1. The van der Waals surface area contributed by atoms with Gasteiger partial charge in [-0.05, 0) is 49.5 Å². The van der Waals surface area contributed by atoms with E-state index in [1.54, 1.807) is 14.2 Å². The number of piperidine rings is 1. The van der Waals surface area contributed by atoms with Crippen molar-refractivity contribution in [3.8, 4) is 11.5 Å². The molecule has 1 aromatic carbocycles. The fraction of sp³-hybridized carbons (Fsp3) is 0.611. The second-order valence-electron chi connectivity index (χ2n) is 6.00. The average molecular weight is 357 g/mol. The van der Waals surface area contributed by atoms with Gasteiger partial charge in [0.25, 0.3) is 0 Å². The fourth-order valence-electron chi connectivity index (χ4n) is 3.01. The molecule has 0 spiro atoms. The van der Waals surface area contributed by atoms with Crippen LogP contribution in [0.5, 0.6) is 11.5 Å². The molecule has 136 valence electrons. The molecule has 0 radical (unpaired) electrons. The summed E-state index contributed by atoms with van der Waals surface area (Å²) in [6.45, 7) is 5.93. The van der Waals surface area contributed by atoms with Gasteiger partial charge >= 0.3 is 0 Å². The van der Waals surface area contributed by atoms with Crippen molar-refractivity contribution in [1.82, 2.24) is 10.2 Å². The predicted octanol–water partition coefficient (Wildman–Crippen LogP) is 2.52. The van der Waals surface area contributed by atoms with Gasteiger partial charge in [0.15, 0.2) is 11.5 Å². The number of halogens is 1. The van der Waals surface area contributed by atoms with Crippen molar-refractivity contribution in [3.05, 3.63) is 23.8 Å². The van der Waals surface area contributed by atoms with E-state index in [1.807, 2.05) is 23.1 Å². The molecule has 6 heteroatoms. The first kappa shape index (κ1) is 20.6. The molecular weight excluding hydrogens is 328 g/mol. The van der Waals surface area contributed by atoms with Crippen molar-refractivity contribution in [2.24, 2.45) is 5.92 Å². The standard InChI is InChI=1S/C18H28N2O3.ClH/c1-4-19-13-14-7-9-20(10-8-14)18(21)12-15-5-6-16(22-2)17(11-15)23-3;/h5-6,11,14,19H,4,7-10,12-13H2,1-3H3;1H. The van der Waals surface area contributed by atoms with Crippen LogP contribution in [0.15, 0.2) is 18.2 Å². The van der Waals surface area contributed by atoms with Crippen molar-refractivity contribution in [2.75, 3.05) is 40.4 Å². The summed E-state index contributed by atoms with van der Waals surface area (Å²) >= 11 is 0. The molecule has 0 unspecified atom stereocenters. The van der Waals surface area contributed by atoms with Gasteiger partial charge in [-0.15, -0.1) is 12.4 Å². The predicted molar refractivity (Wildman–Crippen MR) is 98.3 cm³/mol. The number of carbonyl (C=O) groups excluding carboxylic acids is 1. The molecule has 1 heterocycles. The van der Waals surface area contributed by atoms with Gasteiger partial charge in [0.1, 0.15) is 0 Å². The van der Waals surface area contributed by atoms with Crippen molar-refractivity contribution in [3.63, 3.8) is 0 Å². The topological polar surface area (TPSA) is 50.8 Å². The van der Waals surface area contributed by atoms with E-state index in [1.165, 1.54) is 0 Å². The lowest BCUT2D eigenvalue weighted by atomic mass is 9.96. The van der Waals surface area contributed by atoms with Gasteiger partial charge in [-0.1, -0.05) is 13.0 Å². The summed E-state index contributed by atoms with van der Waals surface area (Å²) in [5, 5.41) is 3.40. The lowest BCUT2D eigenvalue weighted by Crippen LogP contribution is -2.41. The molecule has 1 aromatic rings. The number of hydrogen-bond donors (Lipinski definition) is 1. The van der Waals surface area contributed by atoms with Gasteiger partial charge in [-0.2, -0.15) is 0 Å². The largest absolute Gasteiger partial charge is 0.493 e. The Hall–Kier alpha value is -1.46. The lowest BCUT2D eigenvalue weighted by Gasteiger charge is -2.32. The Balaban J connectivity index is 0.00000288. The quantitative estimate of drug-likeness (QED) is 0.815. The van der Waals surface area contributed by atoms with Gasteiger partial charge in [0.2, 0.25) is 5.91 Å². The number of ether oxygens (including phenoxy) is 2. The smallest absolute Gasteiger partial charge is 0.226 e. The number of likely N-dealkylation sites (tertiary alicyclic amines) is 1. The number of benzene rings is 1. The highest BCUT2D eigenvalue weighted by atomic mass is 35.5.